The van der Waals surface area contributed by atoms with Gasteiger partial charge in [-0.2, -0.15) is 0 Å². The summed E-state index contributed by atoms with van der Waals surface area (Å²) in [5, 5.41) is 0. The number of ether oxygens (including phenoxy) is 3. The Morgan fingerprint density at radius 3 is 2.11 bits per heavy atom. The second kappa shape index (κ2) is 9.31. The molecule has 0 aromatic heterocycles. The first-order valence-electron chi connectivity index (χ1n) is 9.11. The SMILES string of the molecule is CCN(C(=O)CCc1cc(OC)c(OC)c(OC)c1)c1cc(C)ccc1C. The maximum absolute atomic E-state index is 12.9. The Kier molecular flexibility index (Phi) is 7.11. The molecule has 0 fully saturated rings. The lowest BCUT2D eigenvalue weighted by molar-refractivity contribution is -0.118. The number of carbonyl (C=O) groups is 1. The van der Waals surface area contributed by atoms with Gasteiger partial charge in [0.1, 0.15) is 0 Å². The Labute approximate surface area is 161 Å². The van der Waals surface area contributed by atoms with E-state index in [-0.39, 0.29) is 5.91 Å². The number of methoxy groups -OCH3 is 3. The van der Waals surface area contributed by atoms with Gasteiger partial charge in [0.2, 0.25) is 11.7 Å². The fourth-order valence-corrected chi connectivity index (χ4v) is 3.16. The number of anilines is 1. The molecule has 1 amide bonds. The van der Waals surface area contributed by atoms with E-state index in [9.17, 15) is 4.79 Å². The number of benzene rings is 2. The van der Waals surface area contributed by atoms with Crippen molar-refractivity contribution in [3.63, 3.8) is 0 Å². The molecule has 2 rings (SSSR count). The second-order valence-corrected chi connectivity index (χ2v) is 6.46. The number of nitrogens with zero attached hydrogens (tertiary/aromatic N) is 1. The third-order valence-electron chi connectivity index (χ3n) is 4.62. The minimum Gasteiger partial charge on any atom is -0.493 e. The van der Waals surface area contributed by atoms with E-state index in [1.165, 1.54) is 0 Å². The van der Waals surface area contributed by atoms with Crippen molar-refractivity contribution < 1.29 is 19.0 Å². The number of amides is 1. The van der Waals surface area contributed by atoms with E-state index >= 15 is 0 Å². The zero-order valence-corrected chi connectivity index (χ0v) is 17.1. The van der Waals surface area contributed by atoms with Crippen LogP contribution in [0.5, 0.6) is 17.2 Å². The number of carbonyl (C=O) groups excluding carboxylic acids is 1. The molecule has 0 aliphatic heterocycles. The van der Waals surface area contributed by atoms with Gasteiger partial charge >= 0.3 is 0 Å². The third-order valence-corrected chi connectivity index (χ3v) is 4.62. The molecule has 0 aliphatic rings. The van der Waals surface area contributed by atoms with Crippen molar-refractivity contribution in [1.29, 1.82) is 0 Å². The van der Waals surface area contributed by atoms with Gasteiger partial charge in [0.05, 0.1) is 21.3 Å². The first-order chi connectivity index (χ1) is 12.9. The van der Waals surface area contributed by atoms with Crippen LogP contribution in [0.2, 0.25) is 0 Å². The summed E-state index contributed by atoms with van der Waals surface area (Å²) >= 11 is 0. The highest BCUT2D eigenvalue weighted by Crippen LogP contribution is 2.38. The molecule has 0 unspecified atom stereocenters. The summed E-state index contributed by atoms with van der Waals surface area (Å²) in [5.74, 6) is 1.85. The lowest BCUT2D eigenvalue weighted by atomic mass is 10.1. The molecule has 0 saturated carbocycles. The van der Waals surface area contributed by atoms with E-state index in [1.54, 1.807) is 21.3 Å². The first-order valence-corrected chi connectivity index (χ1v) is 9.11. The highest BCUT2D eigenvalue weighted by Gasteiger charge is 2.18. The summed E-state index contributed by atoms with van der Waals surface area (Å²) in [7, 11) is 4.75. The molecule has 0 radical (unpaired) electrons. The van der Waals surface area contributed by atoms with Crippen molar-refractivity contribution in [3.05, 3.63) is 47.0 Å². The molecule has 5 heteroatoms. The number of rotatable bonds is 8. The van der Waals surface area contributed by atoms with Crippen LogP contribution < -0.4 is 19.1 Å². The Bertz CT molecular complexity index is 776. The van der Waals surface area contributed by atoms with Crippen LogP contribution in [0.25, 0.3) is 0 Å². The topological polar surface area (TPSA) is 48.0 Å². The Hall–Kier alpha value is -2.69. The second-order valence-electron chi connectivity index (χ2n) is 6.46. The highest BCUT2D eigenvalue weighted by atomic mass is 16.5. The average Bonchev–Trinajstić information content (AvgIpc) is 2.68. The number of aryl methyl sites for hydroxylation is 3. The van der Waals surface area contributed by atoms with Crippen LogP contribution in [0.3, 0.4) is 0 Å². The normalized spacial score (nSPS) is 10.4. The minimum absolute atomic E-state index is 0.0972. The molecule has 0 bridgehead atoms. The molecule has 0 atom stereocenters. The monoisotopic (exact) mass is 371 g/mol. The van der Waals surface area contributed by atoms with Crippen molar-refractivity contribution in [2.45, 2.75) is 33.6 Å². The van der Waals surface area contributed by atoms with Gasteiger partial charge < -0.3 is 19.1 Å². The summed E-state index contributed by atoms with van der Waals surface area (Å²) in [4.78, 5) is 14.7. The van der Waals surface area contributed by atoms with Crippen LogP contribution in [0, 0.1) is 13.8 Å². The molecule has 146 valence electrons. The fraction of sp³-hybridized carbons (Fsp3) is 0.409. The predicted molar refractivity (Wildman–Crippen MR) is 108 cm³/mol. The molecule has 5 nitrogen and oxygen atoms in total. The molecule has 2 aromatic carbocycles. The fourth-order valence-electron chi connectivity index (χ4n) is 3.16. The summed E-state index contributed by atoms with van der Waals surface area (Å²) in [6.07, 6.45) is 0.997. The lowest BCUT2D eigenvalue weighted by Crippen LogP contribution is -2.31. The molecule has 0 aliphatic carbocycles. The Morgan fingerprint density at radius 2 is 1.59 bits per heavy atom. The van der Waals surface area contributed by atoms with E-state index in [1.807, 2.05) is 37.8 Å². The van der Waals surface area contributed by atoms with Crippen molar-refractivity contribution in [1.82, 2.24) is 0 Å². The van der Waals surface area contributed by atoms with Crippen LogP contribution >= 0.6 is 0 Å². The van der Waals surface area contributed by atoms with Crippen LogP contribution in [0.15, 0.2) is 30.3 Å². The third kappa shape index (κ3) is 4.73. The summed E-state index contributed by atoms with van der Waals surface area (Å²) in [6, 6.07) is 9.97. The summed E-state index contributed by atoms with van der Waals surface area (Å²) in [6.45, 7) is 6.71. The summed E-state index contributed by atoms with van der Waals surface area (Å²) < 4.78 is 16.1. The molecule has 0 saturated heterocycles. The van der Waals surface area contributed by atoms with Crippen molar-refractivity contribution in [2.75, 3.05) is 32.8 Å². The van der Waals surface area contributed by atoms with Crippen molar-refractivity contribution >= 4 is 11.6 Å². The van der Waals surface area contributed by atoms with Crippen molar-refractivity contribution in [3.8, 4) is 17.2 Å². The molecule has 27 heavy (non-hydrogen) atoms. The van der Waals surface area contributed by atoms with Gasteiger partial charge in [-0.1, -0.05) is 12.1 Å². The van der Waals surface area contributed by atoms with E-state index in [0.717, 1.165) is 22.4 Å². The van der Waals surface area contributed by atoms with Gasteiger partial charge in [-0.15, -0.1) is 0 Å². The van der Waals surface area contributed by atoms with E-state index in [4.69, 9.17) is 14.2 Å². The van der Waals surface area contributed by atoms with Gasteiger partial charge in [0.25, 0.3) is 0 Å². The molecule has 0 heterocycles. The smallest absolute Gasteiger partial charge is 0.227 e. The van der Waals surface area contributed by atoms with E-state index < -0.39 is 0 Å². The standard InChI is InChI=1S/C22H29NO4/c1-7-23(18-12-15(2)8-9-16(18)3)21(24)11-10-17-13-19(25-4)22(27-6)20(14-17)26-5/h8-9,12-14H,7,10-11H2,1-6H3. The van der Waals surface area contributed by atoms with Crippen molar-refractivity contribution in [2.24, 2.45) is 0 Å². The molecular weight excluding hydrogens is 342 g/mol. The number of hydrogen-bond donors (Lipinski definition) is 0. The minimum atomic E-state index is 0.0972. The molecule has 0 spiro atoms. The van der Waals surface area contributed by atoms with Gasteiger partial charge in [-0.05, 0) is 62.1 Å². The maximum atomic E-state index is 12.9. The molecular formula is C22H29NO4. The average molecular weight is 371 g/mol. The first kappa shape index (κ1) is 20.6. The maximum Gasteiger partial charge on any atom is 0.227 e. The van der Waals surface area contributed by atoms with E-state index in [2.05, 4.69) is 18.2 Å². The molecule has 2 aromatic rings. The van der Waals surface area contributed by atoms with Gasteiger partial charge in [-0.25, -0.2) is 0 Å². The summed E-state index contributed by atoms with van der Waals surface area (Å²) in [5.41, 5.74) is 4.19. The largest absolute Gasteiger partial charge is 0.493 e. The predicted octanol–water partition coefficient (Wildman–Crippen LogP) is 4.31. The zero-order chi connectivity index (χ0) is 20.0. The van der Waals surface area contributed by atoms with Crippen LogP contribution in [0.1, 0.15) is 30.0 Å². The lowest BCUT2D eigenvalue weighted by Gasteiger charge is -2.23. The number of hydrogen-bond acceptors (Lipinski definition) is 4. The van der Waals surface area contributed by atoms with Crippen LogP contribution in [-0.2, 0) is 11.2 Å². The highest BCUT2D eigenvalue weighted by molar-refractivity contribution is 5.94. The zero-order valence-electron chi connectivity index (χ0n) is 17.1. The Morgan fingerprint density at radius 1 is 0.963 bits per heavy atom. The van der Waals surface area contributed by atoms with E-state index in [0.29, 0.717) is 36.6 Å². The van der Waals surface area contributed by atoms with Gasteiger partial charge in [-0.3, -0.25) is 4.79 Å². The van der Waals surface area contributed by atoms with Crippen LogP contribution in [-0.4, -0.2) is 33.8 Å². The molecule has 0 N–H and O–H groups in total. The quantitative estimate of drug-likeness (QED) is 0.694. The van der Waals surface area contributed by atoms with Gasteiger partial charge in [0, 0.05) is 18.7 Å². The van der Waals surface area contributed by atoms with Gasteiger partial charge in [0.15, 0.2) is 11.5 Å². The van der Waals surface area contributed by atoms with Crippen LogP contribution in [0.4, 0.5) is 5.69 Å². The Balaban J connectivity index is 2.19.